The second-order valence-corrected chi connectivity index (χ2v) is 10.8. The van der Waals surface area contributed by atoms with Crippen LogP contribution in [-0.4, -0.2) is 43.7 Å². The highest BCUT2D eigenvalue weighted by molar-refractivity contribution is 6.14. The molecule has 3 N–H and O–H groups in total. The number of nitrogens with one attached hydrogen (secondary N) is 3. The number of hydrazine groups is 1. The van der Waals surface area contributed by atoms with Crippen LogP contribution in [0.3, 0.4) is 0 Å². The fraction of sp³-hybridized carbons (Fsp3) is 0.333. The molecule has 46 heavy (non-hydrogen) atoms. The SMILES string of the molecule is CCCc1ccc(C)cc1N(C=O)C(=NCC)NC(=O)NC(C)Cc1ccc(C2N=CN(c3ccc(OC(F)(F)F)cc3)N2)cc1. The number of aliphatic imine (C=N–C) groups is 2. The molecule has 0 saturated heterocycles. The first-order chi connectivity index (χ1) is 22.0. The number of urea groups is 1. The molecule has 0 bridgehead atoms. The van der Waals surface area contributed by atoms with Gasteiger partial charge in [-0.05, 0) is 86.2 Å². The number of carbonyl (C=O) groups excluding carboxylic acids is 2. The Morgan fingerprint density at radius 3 is 2.48 bits per heavy atom. The van der Waals surface area contributed by atoms with Crippen LogP contribution in [0.5, 0.6) is 5.75 Å². The molecule has 10 nitrogen and oxygen atoms in total. The lowest BCUT2D eigenvalue weighted by molar-refractivity contribution is -0.274. The van der Waals surface area contributed by atoms with Crippen molar-refractivity contribution in [3.05, 3.63) is 89.0 Å². The molecule has 2 unspecified atom stereocenters. The summed E-state index contributed by atoms with van der Waals surface area (Å²) in [5.41, 5.74) is 8.32. The molecule has 3 amide bonds. The van der Waals surface area contributed by atoms with Crippen molar-refractivity contribution >= 4 is 36.1 Å². The summed E-state index contributed by atoms with van der Waals surface area (Å²) >= 11 is 0. The predicted molar refractivity (Wildman–Crippen MR) is 173 cm³/mol. The van der Waals surface area contributed by atoms with Crippen molar-refractivity contribution < 1.29 is 27.5 Å². The number of alkyl halides is 3. The Bertz CT molecular complexity index is 1540. The molecule has 0 fully saturated rings. The van der Waals surface area contributed by atoms with Gasteiger partial charge in [-0.3, -0.25) is 25.0 Å². The Morgan fingerprint density at radius 1 is 1.13 bits per heavy atom. The van der Waals surface area contributed by atoms with Crippen molar-refractivity contribution in [2.24, 2.45) is 9.98 Å². The van der Waals surface area contributed by atoms with Gasteiger partial charge in [-0.1, -0.05) is 49.7 Å². The summed E-state index contributed by atoms with van der Waals surface area (Å²) < 4.78 is 41.2. The van der Waals surface area contributed by atoms with Crippen molar-refractivity contribution in [3.63, 3.8) is 0 Å². The summed E-state index contributed by atoms with van der Waals surface area (Å²) in [4.78, 5) is 35.4. The first-order valence-electron chi connectivity index (χ1n) is 15.0. The van der Waals surface area contributed by atoms with E-state index in [0.29, 0.717) is 30.8 Å². The number of hydrogen-bond donors (Lipinski definition) is 3. The van der Waals surface area contributed by atoms with Crippen LogP contribution in [0.2, 0.25) is 0 Å². The Kier molecular flexibility index (Phi) is 11.4. The van der Waals surface area contributed by atoms with E-state index in [2.05, 4.69) is 37.7 Å². The third-order valence-electron chi connectivity index (χ3n) is 7.04. The van der Waals surface area contributed by atoms with Crippen molar-refractivity contribution in [2.75, 3.05) is 16.5 Å². The summed E-state index contributed by atoms with van der Waals surface area (Å²) in [5, 5.41) is 7.30. The van der Waals surface area contributed by atoms with E-state index in [9.17, 15) is 22.8 Å². The molecule has 244 valence electrons. The maximum atomic E-state index is 13.0. The number of rotatable bonds is 11. The number of amides is 3. The number of guanidine groups is 1. The van der Waals surface area contributed by atoms with Gasteiger partial charge in [0.05, 0.1) is 11.4 Å². The largest absolute Gasteiger partial charge is 0.573 e. The van der Waals surface area contributed by atoms with Gasteiger partial charge in [0.1, 0.15) is 18.3 Å². The number of hydrogen-bond acceptors (Lipinski definition) is 7. The molecule has 0 radical (unpaired) electrons. The number of anilines is 2. The fourth-order valence-corrected chi connectivity index (χ4v) is 4.97. The number of aryl methyl sites for hydroxylation is 2. The third-order valence-corrected chi connectivity index (χ3v) is 7.04. The first-order valence-corrected chi connectivity index (χ1v) is 15.0. The molecule has 0 saturated carbocycles. The van der Waals surface area contributed by atoms with Crippen LogP contribution in [-0.2, 0) is 17.6 Å². The van der Waals surface area contributed by atoms with E-state index in [1.165, 1.54) is 29.2 Å². The smallest absolute Gasteiger partial charge is 0.406 e. The second kappa shape index (κ2) is 15.4. The van der Waals surface area contributed by atoms with E-state index in [0.717, 1.165) is 35.1 Å². The molecule has 3 aromatic carbocycles. The van der Waals surface area contributed by atoms with Gasteiger partial charge in [0, 0.05) is 12.6 Å². The van der Waals surface area contributed by atoms with Gasteiger partial charge < -0.3 is 10.1 Å². The molecular formula is C33H38F3N7O3. The minimum absolute atomic E-state index is 0.152. The molecule has 1 aliphatic rings. The Morgan fingerprint density at radius 2 is 1.85 bits per heavy atom. The Labute approximate surface area is 266 Å². The van der Waals surface area contributed by atoms with Crippen molar-refractivity contribution in [1.82, 2.24) is 16.1 Å². The van der Waals surface area contributed by atoms with E-state index in [1.807, 2.05) is 63.2 Å². The Hall–Kier alpha value is -4.91. The first kappa shape index (κ1) is 34.0. The van der Waals surface area contributed by atoms with Crippen molar-refractivity contribution in [2.45, 2.75) is 65.5 Å². The number of carbonyl (C=O) groups is 2. The van der Waals surface area contributed by atoms with Crippen LogP contribution in [0.25, 0.3) is 0 Å². The molecule has 0 aliphatic carbocycles. The van der Waals surface area contributed by atoms with Gasteiger partial charge in [-0.25, -0.2) is 9.79 Å². The van der Waals surface area contributed by atoms with E-state index in [4.69, 9.17) is 0 Å². The lowest BCUT2D eigenvalue weighted by Gasteiger charge is -2.24. The molecule has 13 heteroatoms. The second-order valence-electron chi connectivity index (χ2n) is 10.8. The van der Waals surface area contributed by atoms with E-state index in [-0.39, 0.29) is 23.9 Å². The third kappa shape index (κ3) is 9.30. The van der Waals surface area contributed by atoms with E-state index >= 15 is 0 Å². The average Bonchev–Trinajstić information content (AvgIpc) is 3.49. The summed E-state index contributed by atoms with van der Waals surface area (Å²) in [7, 11) is 0. The van der Waals surface area contributed by atoms with Gasteiger partial charge in [-0.2, -0.15) is 5.43 Å². The van der Waals surface area contributed by atoms with Crippen LogP contribution in [0, 0.1) is 6.92 Å². The number of nitrogens with zero attached hydrogens (tertiary/aromatic N) is 4. The maximum absolute atomic E-state index is 13.0. The van der Waals surface area contributed by atoms with Gasteiger partial charge in [-0.15, -0.1) is 13.2 Å². The highest BCUT2D eigenvalue weighted by Crippen LogP contribution is 2.27. The molecule has 2 atom stereocenters. The van der Waals surface area contributed by atoms with Crippen LogP contribution >= 0.6 is 0 Å². The monoisotopic (exact) mass is 637 g/mol. The quantitative estimate of drug-likeness (QED) is 0.132. The standard InChI is InChI=1S/C33H38F3N7O3/c1-5-7-25-11-8-22(3)18-29(25)42(21-44)31(37-6-2)40-32(45)39-23(4)19-24-9-12-26(13-10-24)30-38-20-43(41-30)27-14-16-28(17-15-27)46-33(34,35)36/h8-18,20-21,23,30,41H,5-7,19H2,1-4H3,(H2,37,39,40,45). The van der Waals surface area contributed by atoms with Crippen LogP contribution in [0.1, 0.15) is 55.6 Å². The zero-order valence-electron chi connectivity index (χ0n) is 26.1. The van der Waals surface area contributed by atoms with Crippen molar-refractivity contribution in [3.8, 4) is 5.75 Å². The average molecular weight is 638 g/mol. The number of ether oxygens (including phenoxy) is 1. The topological polar surface area (TPSA) is 111 Å². The summed E-state index contributed by atoms with van der Waals surface area (Å²) in [6.07, 6.45) is -0.679. The molecule has 1 aliphatic heterocycles. The minimum atomic E-state index is -4.75. The summed E-state index contributed by atoms with van der Waals surface area (Å²) in [5.74, 6) is -0.153. The van der Waals surface area contributed by atoms with Crippen LogP contribution < -0.4 is 30.7 Å². The number of benzene rings is 3. The van der Waals surface area contributed by atoms with Gasteiger partial charge >= 0.3 is 12.4 Å². The molecular weight excluding hydrogens is 599 g/mol. The minimum Gasteiger partial charge on any atom is -0.406 e. The Balaban J connectivity index is 1.32. The maximum Gasteiger partial charge on any atom is 0.573 e. The van der Waals surface area contributed by atoms with Crippen LogP contribution in [0.4, 0.5) is 29.3 Å². The zero-order chi connectivity index (χ0) is 33.3. The van der Waals surface area contributed by atoms with Gasteiger partial charge in [0.2, 0.25) is 12.4 Å². The summed E-state index contributed by atoms with van der Waals surface area (Å²) in [6, 6.07) is 18.4. The fourth-order valence-electron chi connectivity index (χ4n) is 4.97. The van der Waals surface area contributed by atoms with E-state index in [1.54, 1.807) is 11.3 Å². The lowest BCUT2D eigenvalue weighted by atomic mass is 10.0. The van der Waals surface area contributed by atoms with Crippen molar-refractivity contribution in [1.29, 1.82) is 0 Å². The molecule has 3 aromatic rings. The molecule has 0 spiro atoms. The molecule has 4 rings (SSSR count). The zero-order valence-corrected chi connectivity index (χ0v) is 26.1. The highest BCUT2D eigenvalue weighted by Gasteiger charge is 2.31. The summed E-state index contributed by atoms with van der Waals surface area (Å²) in [6.45, 7) is 8.10. The van der Waals surface area contributed by atoms with Crippen LogP contribution in [0.15, 0.2) is 76.7 Å². The van der Waals surface area contributed by atoms with Gasteiger partial charge in [0.25, 0.3) is 0 Å². The normalized spacial score (nSPS) is 15.4. The molecule has 1 heterocycles. The molecule has 0 aromatic heterocycles. The van der Waals surface area contributed by atoms with E-state index < -0.39 is 12.4 Å². The number of halogens is 3. The van der Waals surface area contributed by atoms with Gasteiger partial charge in [0.15, 0.2) is 0 Å². The predicted octanol–water partition coefficient (Wildman–Crippen LogP) is 6.17. The lowest BCUT2D eigenvalue weighted by Crippen LogP contribution is -2.50. The highest BCUT2D eigenvalue weighted by atomic mass is 19.4.